The van der Waals surface area contributed by atoms with Crippen LogP contribution >= 0.6 is 11.6 Å². The van der Waals surface area contributed by atoms with E-state index in [9.17, 15) is 14.4 Å². The summed E-state index contributed by atoms with van der Waals surface area (Å²) in [6.45, 7) is 2.23. The highest BCUT2D eigenvalue weighted by molar-refractivity contribution is 6.33. The van der Waals surface area contributed by atoms with Crippen LogP contribution in [0.2, 0.25) is 5.02 Å². The van der Waals surface area contributed by atoms with Crippen molar-refractivity contribution in [3.8, 4) is 0 Å². The molecule has 0 aromatic heterocycles. The molecule has 1 aromatic carbocycles. The van der Waals surface area contributed by atoms with E-state index in [1.165, 1.54) is 4.90 Å². The van der Waals surface area contributed by atoms with Crippen LogP contribution in [0.4, 0.5) is 5.69 Å². The molecule has 24 heavy (non-hydrogen) atoms. The molecule has 0 radical (unpaired) electrons. The van der Waals surface area contributed by atoms with Crippen molar-refractivity contribution >= 4 is 35.1 Å². The molecule has 130 valence electrons. The molecule has 1 saturated heterocycles. The number of amides is 2. The van der Waals surface area contributed by atoms with Crippen LogP contribution in [0.5, 0.6) is 0 Å². The third kappa shape index (κ3) is 4.26. The van der Waals surface area contributed by atoms with E-state index < -0.39 is 17.8 Å². The van der Waals surface area contributed by atoms with Crippen LogP contribution in [0.15, 0.2) is 24.3 Å². The molecule has 0 aliphatic carbocycles. The van der Waals surface area contributed by atoms with Gasteiger partial charge in [0.2, 0.25) is 11.8 Å². The molecule has 2 amide bonds. The zero-order valence-electron chi connectivity index (χ0n) is 13.5. The summed E-state index contributed by atoms with van der Waals surface area (Å²) < 4.78 is 0. The summed E-state index contributed by atoms with van der Waals surface area (Å²) in [6.07, 6.45) is 1.34. The van der Waals surface area contributed by atoms with Crippen LogP contribution in [0.3, 0.4) is 0 Å². The number of aliphatic carboxylic acids is 1. The van der Waals surface area contributed by atoms with Gasteiger partial charge < -0.3 is 15.3 Å². The summed E-state index contributed by atoms with van der Waals surface area (Å²) >= 11 is 6.11. The SMILES string of the molecule is CCCC(CNC(=O)C1CC(=O)N(c2ccccc2Cl)C1)C(=O)O. The zero-order chi connectivity index (χ0) is 17.7. The molecule has 2 atom stereocenters. The predicted octanol–water partition coefficient (Wildman–Crippen LogP) is 2.31. The summed E-state index contributed by atoms with van der Waals surface area (Å²) in [5, 5.41) is 12.2. The van der Waals surface area contributed by atoms with Crippen LogP contribution in [0.25, 0.3) is 0 Å². The Bertz CT molecular complexity index is 635. The third-order valence-electron chi connectivity index (χ3n) is 4.15. The fourth-order valence-corrected chi connectivity index (χ4v) is 3.05. The van der Waals surface area contributed by atoms with E-state index in [4.69, 9.17) is 16.7 Å². The molecule has 0 spiro atoms. The third-order valence-corrected chi connectivity index (χ3v) is 4.47. The number of halogens is 1. The average molecular weight is 353 g/mol. The van der Waals surface area contributed by atoms with Gasteiger partial charge in [0.25, 0.3) is 0 Å². The summed E-state index contributed by atoms with van der Waals surface area (Å²) in [6, 6.07) is 6.99. The molecule has 1 aliphatic heterocycles. The van der Waals surface area contributed by atoms with Gasteiger partial charge in [-0.25, -0.2) is 0 Å². The topological polar surface area (TPSA) is 86.7 Å². The van der Waals surface area contributed by atoms with Gasteiger partial charge in [-0.05, 0) is 18.6 Å². The maximum absolute atomic E-state index is 12.3. The number of nitrogens with zero attached hydrogens (tertiary/aromatic N) is 1. The van der Waals surface area contributed by atoms with Gasteiger partial charge in [-0.3, -0.25) is 14.4 Å². The number of carboxylic acids is 1. The largest absolute Gasteiger partial charge is 0.481 e. The molecule has 1 heterocycles. The second-order valence-corrected chi connectivity index (χ2v) is 6.33. The number of benzene rings is 1. The van der Waals surface area contributed by atoms with Crippen LogP contribution in [-0.4, -0.2) is 36.0 Å². The summed E-state index contributed by atoms with van der Waals surface area (Å²) in [7, 11) is 0. The first-order valence-electron chi connectivity index (χ1n) is 7.99. The van der Waals surface area contributed by atoms with Crippen LogP contribution in [0, 0.1) is 11.8 Å². The molecule has 6 nitrogen and oxygen atoms in total. The van der Waals surface area contributed by atoms with E-state index in [-0.39, 0.29) is 31.3 Å². The van der Waals surface area contributed by atoms with E-state index in [2.05, 4.69) is 5.32 Å². The molecule has 7 heteroatoms. The van der Waals surface area contributed by atoms with E-state index in [1.807, 2.05) is 6.92 Å². The number of hydrogen-bond acceptors (Lipinski definition) is 3. The predicted molar refractivity (Wildman–Crippen MR) is 91.0 cm³/mol. The standard InChI is InChI=1S/C17H21ClN2O4/c1-2-5-11(17(23)24)9-19-16(22)12-8-15(21)20(10-12)14-7-4-3-6-13(14)18/h3-4,6-7,11-12H,2,5,8-10H2,1H3,(H,19,22)(H,23,24). The van der Waals surface area contributed by atoms with Crippen LogP contribution in [0.1, 0.15) is 26.2 Å². The maximum atomic E-state index is 12.3. The first-order chi connectivity index (χ1) is 11.4. The van der Waals surface area contributed by atoms with Gasteiger partial charge in [0.05, 0.1) is 22.5 Å². The monoisotopic (exact) mass is 352 g/mol. The number of carbonyl (C=O) groups excluding carboxylic acids is 2. The quantitative estimate of drug-likeness (QED) is 0.788. The lowest BCUT2D eigenvalue weighted by atomic mass is 10.0. The normalized spacial score (nSPS) is 18.5. The van der Waals surface area contributed by atoms with Crippen LogP contribution < -0.4 is 10.2 Å². The number of nitrogens with one attached hydrogen (secondary N) is 1. The van der Waals surface area contributed by atoms with Gasteiger partial charge in [-0.1, -0.05) is 37.1 Å². The highest BCUT2D eigenvalue weighted by Gasteiger charge is 2.36. The highest BCUT2D eigenvalue weighted by Crippen LogP contribution is 2.31. The Kier molecular flexibility index (Phi) is 6.20. The minimum Gasteiger partial charge on any atom is -0.481 e. The van der Waals surface area contributed by atoms with E-state index >= 15 is 0 Å². The molecule has 2 unspecified atom stereocenters. The second-order valence-electron chi connectivity index (χ2n) is 5.93. The van der Waals surface area contributed by atoms with Crippen molar-refractivity contribution in [3.05, 3.63) is 29.3 Å². The summed E-state index contributed by atoms with van der Waals surface area (Å²) in [5.74, 6) is -2.47. The minimum absolute atomic E-state index is 0.0821. The lowest BCUT2D eigenvalue weighted by molar-refractivity contribution is -0.142. The Morgan fingerprint density at radius 1 is 1.42 bits per heavy atom. The van der Waals surface area contributed by atoms with Crippen molar-refractivity contribution in [2.24, 2.45) is 11.8 Å². The fraction of sp³-hybridized carbons (Fsp3) is 0.471. The van der Waals surface area contributed by atoms with Crippen molar-refractivity contribution in [1.82, 2.24) is 5.32 Å². The lowest BCUT2D eigenvalue weighted by Gasteiger charge is -2.18. The van der Waals surface area contributed by atoms with Crippen molar-refractivity contribution < 1.29 is 19.5 Å². The van der Waals surface area contributed by atoms with E-state index in [0.717, 1.165) is 6.42 Å². The Morgan fingerprint density at radius 2 is 2.12 bits per heavy atom. The number of hydrogen-bond donors (Lipinski definition) is 2. The Hall–Kier alpha value is -2.08. The van der Waals surface area contributed by atoms with Crippen molar-refractivity contribution in [2.45, 2.75) is 26.2 Å². The minimum atomic E-state index is -0.919. The van der Waals surface area contributed by atoms with Gasteiger partial charge in [0.15, 0.2) is 0 Å². The number of anilines is 1. The second kappa shape index (κ2) is 8.15. The van der Waals surface area contributed by atoms with Gasteiger partial charge in [-0.15, -0.1) is 0 Å². The molecular weight excluding hydrogens is 332 g/mol. The van der Waals surface area contributed by atoms with Crippen molar-refractivity contribution in [1.29, 1.82) is 0 Å². The van der Waals surface area contributed by atoms with Crippen LogP contribution in [-0.2, 0) is 14.4 Å². The first-order valence-corrected chi connectivity index (χ1v) is 8.37. The maximum Gasteiger partial charge on any atom is 0.308 e. The number of carboxylic acid groups (broad SMARTS) is 1. The van der Waals surface area contributed by atoms with Gasteiger partial charge in [0, 0.05) is 19.5 Å². The molecule has 2 rings (SSSR count). The number of rotatable bonds is 7. The van der Waals surface area contributed by atoms with Crippen molar-refractivity contribution in [2.75, 3.05) is 18.0 Å². The van der Waals surface area contributed by atoms with Crippen molar-refractivity contribution in [3.63, 3.8) is 0 Å². The molecule has 1 aromatic rings. The molecule has 0 saturated carbocycles. The Morgan fingerprint density at radius 3 is 2.75 bits per heavy atom. The molecule has 0 bridgehead atoms. The average Bonchev–Trinajstić information content (AvgIpc) is 2.93. The number of para-hydroxylation sites is 1. The molecule has 1 aliphatic rings. The van der Waals surface area contributed by atoms with E-state index in [0.29, 0.717) is 17.1 Å². The summed E-state index contributed by atoms with van der Waals surface area (Å²) in [5.41, 5.74) is 0.592. The summed E-state index contributed by atoms with van der Waals surface area (Å²) in [4.78, 5) is 37.1. The Labute approximate surface area is 145 Å². The highest BCUT2D eigenvalue weighted by atomic mass is 35.5. The van der Waals surface area contributed by atoms with Gasteiger partial charge >= 0.3 is 5.97 Å². The van der Waals surface area contributed by atoms with Gasteiger partial charge in [-0.2, -0.15) is 0 Å². The molecular formula is C17H21ClN2O4. The first kappa shape index (κ1) is 18.3. The fourth-order valence-electron chi connectivity index (χ4n) is 2.82. The smallest absolute Gasteiger partial charge is 0.308 e. The molecule has 1 fully saturated rings. The lowest BCUT2D eigenvalue weighted by Crippen LogP contribution is -2.37. The Balaban J connectivity index is 1.96. The van der Waals surface area contributed by atoms with E-state index in [1.54, 1.807) is 24.3 Å². The number of carbonyl (C=O) groups is 3. The van der Waals surface area contributed by atoms with Gasteiger partial charge in [0.1, 0.15) is 0 Å². The molecule has 2 N–H and O–H groups in total. The zero-order valence-corrected chi connectivity index (χ0v) is 14.3.